The molecule has 5 aliphatic rings. The van der Waals surface area contributed by atoms with Crippen LogP contribution in [0.2, 0.25) is 5.02 Å². The summed E-state index contributed by atoms with van der Waals surface area (Å²) in [6.07, 6.45) is 8.25. The molecule has 4 saturated carbocycles. The van der Waals surface area contributed by atoms with Gasteiger partial charge in [0.2, 0.25) is 5.91 Å². The lowest BCUT2D eigenvalue weighted by Gasteiger charge is -2.55. The Morgan fingerprint density at radius 3 is 2.38 bits per heavy atom. The van der Waals surface area contributed by atoms with Crippen LogP contribution in [0.4, 0.5) is 0 Å². The van der Waals surface area contributed by atoms with Crippen molar-refractivity contribution >= 4 is 57.8 Å². The molecule has 0 spiro atoms. The van der Waals surface area contributed by atoms with Gasteiger partial charge in [0, 0.05) is 0 Å². The first-order valence-electron chi connectivity index (χ1n) is 10.8. The van der Waals surface area contributed by atoms with Gasteiger partial charge in [-0.05, 0) is 92.3 Å². The van der Waals surface area contributed by atoms with Crippen LogP contribution >= 0.6 is 35.6 Å². The van der Waals surface area contributed by atoms with Crippen molar-refractivity contribution in [3.8, 4) is 11.5 Å². The summed E-state index contributed by atoms with van der Waals surface area (Å²) in [4.78, 5) is 26.9. The molecule has 6 nitrogen and oxygen atoms in total. The molecule has 4 aliphatic carbocycles. The molecular weight excluding hydrogens is 468 g/mol. The highest BCUT2D eigenvalue weighted by Crippen LogP contribution is 2.60. The largest absolute Gasteiger partial charge is 0.493 e. The number of amides is 2. The smallest absolute Gasteiger partial charge is 0.285 e. The van der Waals surface area contributed by atoms with Crippen LogP contribution in [0.3, 0.4) is 0 Å². The van der Waals surface area contributed by atoms with E-state index in [2.05, 4.69) is 5.43 Å². The highest BCUT2D eigenvalue weighted by Gasteiger charge is 2.55. The van der Waals surface area contributed by atoms with Crippen LogP contribution in [0, 0.1) is 23.2 Å². The molecule has 0 atom stereocenters. The molecule has 9 heteroatoms. The third kappa shape index (κ3) is 3.70. The van der Waals surface area contributed by atoms with Gasteiger partial charge in [-0.3, -0.25) is 15.0 Å². The van der Waals surface area contributed by atoms with Gasteiger partial charge in [-0.15, -0.1) is 0 Å². The number of methoxy groups -OCH3 is 2. The number of thioether (sulfide) groups is 1. The number of ether oxygens (including phenoxy) is 2. The standard InChI is InChI=1S/C23H25ClN2O4S2/c1-29-17-7-12(6-16(24)19(17)30-2)8-18-20(27)26(22(31)32-18)25-21(28)23-9-13-3-14(10-23)5-15(4-13)11-23/h6-8,13-15H,3-5,9-11H2,1-2H3,(H,25,28)/b18-8-. The second kappa shape index (κ2) is 8.22. The number of hydrazine groups is 1. The molecule has 0 aromatic heterocycles. The fourth-order valence-corrected chi connectivity index (χ4v) is 7.82. The predicted octanol–water partition coefficient (Wildman–Crippen LogP) is 4.81. The first-order valence-corrected chi connectivity index (χ1v) is 12.4. The van der Waals surface area contributed by atoms with E-state index in [1.807, 2.05) is 0 Å². The van der Waals surface area contributed by atoms with E-state index in [-0.39, 0.29) is 17.2 Å². The number of rotatable bonds is 5. The number of nitrogens with zero attached hydrogens (tertiary/aromatic N) is 1. The van der Waals surface area contributed by atoms with Gasteiger partial charge in [-0.25, -0.2) is 0 Å². The molecule has 0 radical (unpaired) electrons. The van der Waals surface area contributed by atoms with Crippen molar-refractivity contribution in [3.63, 3.8) is 0 Å². The van der Waals surface area contributed by atoms with Gasteiger partial charge >= 0.3 is 0 Å². The summed E-state index contributed by atoms with van der Waals surface area (Å²) in [5.41, 5.74) is 3.21. The highest BCUT2D eigenvalue weighted by atomic mass is 35.5. The number of benzene rings is 1. The number of thiocarbonyl (C=S) groups is 1. The van der Waals surface area contributed by atoms with Crippen LogP contribution in [-0.4, -0.2) is 35.4 Å². The van der Waals surface area contributed by atoms with Crippen LogP contribution in [0.5, 0.6) is 11.5 Å². The number of nitrogens with one attached hydrogen (secondary N) is 1. The molecule has 4 bridgehead atoms. The molecule has 6 rings (SSSR count). The zero-order valence-corrected chi connectivity index (χ0v) is 20.4. The van der Waals surface area contributed by atoms with E-state index in [1.165, 1.54) is 38.5 Å². The van der Waals surface area contributed by atoms with Crippen LogP contribution in [-0.2, 0) is 9.59 Å². The van der Waals surface area contributed by atoms with Gasteiger partial charge in [0.1, 0.15) is 0 Å². The quantitative estimate of drug-likeness (QED) is 0.470. The summed E-state index contributed by atoms with van der Waals surface area (Å²) in [6, 6.07) is 3.44. The van der Waals surface area contributed by atoms with Crippen molar-refractivity contribution in [2.24, 2.45) is 23.2 Å². The van der Waals surface area contributed by atoms with Crippen LogP contribution < -0.4 is 14.9 Å². The average Bonchev–Trinajstić information content (AvgIpc) is 2.99. The molecule has 2 amide bonds. The molecule has 170 valence electrons. The van der Waals surface area contributed by atoms with Crippen molar-refractivity contribution in [2.75, 3.05) is 14.2 Å². The van der Waals surface area contributed by atoms with Crippen LogP contribution in [0.15, 0.2) is 17.0 Å². The minimum atomic E-state index is -0.349. The zero-order chi connectivity index (χ0) is 22.6. The maximum atomic E-state index is 13.4. The maximum Gasteiger partial charge on any atom is 0.285 e. The molecular formula is C23H25ClN2O4S2. The molecule has 1 aliphatic heterocycles. The summed E-state index contributed by atoms with van der Waals surface area (Å²) in [6.45, 7) is 0. The van der Waals surface area contributed by atoms with Gasteiger partial charge < -0.3 is 9.47 Å². The lowest BCUT2D eigenvalue weighted by atomic mass is 9.49. The highest BCUT2D eigenvalue weighted by molar-refractivity contribution is 8.26. The Hall–Kier alpha value is -1.77. The lowest BCUT2D eigenvalue weighted by Crippen LogP contribution is -2.57. The normalized spacial score (nSPS) is 32.0. The maximum absolute atomic E-state index is 13.4. The summed E-state index contributed by atoms with van der Waals surface area (Å²) in [7, 11) is 3.04. The molecule has 1 saturated heterocycles. The SMILES string of the molecule is COc1cc(/C=C2\SC(=S)N(NC(=O)C34CC5CC(CC(C5)C3)C4)C2=O)cc(Cl)c1OC. The monoisotopic (exact) mass is 492 g/mol. The molecule has 1 heterocycles. The number of carbonyl (C=O) groups is 2. The van der Waals surface area contributed by atoms with Gasteiger partial charge in [0.05, 0.1) is 29.6 Å². The second-order valence-corrected chi connectivity index (χ2v) is 11.5. The predicted molar refractivity (Wildman–Crippen MR) is 128 cm³/mol. The van der Waals surface area contributed by atoms with Crippen LogP contribution in [0.1, 0.15) is 44.1 Å². The second-order valence-electron chi connectivity index (χ2n) is 9.39. The summed E-state index contributed by atoms with van der Waals surface area (Å²) in [5.74, 6) is 2.46. The Kier molecular flexibility index (Phi) is 5.66. The third-order valence-corrected chi connectivity index (χ3v) is 8.86. The molecule has 1 aromatic carbocycles. The molecule has 1 aromatic rings. The van der Waals surface area contributed by atoms with Crippen molar-refractivity contribution in [1.82, 2.24) is 10.4 Å². The average molecular weight is 493 g/mol. The van der Waals surface area contributed by atoms with E-state index < -0.39 is 0 Å². The van der Waals surface area contributed by atoms with Gasteiger partial charge in [-0.2, -0.15) is 5.01 Å². The van der Waals surface area contributed by atoms with E-state index >= 15 is 0 Å². The Bertz CT molecular complexity index is 1010. The topological polar surface area (TPSA) is 67.9 Å². The molecule has 32 heavy (non-hydrogen) atoms. The summed E-state index contributed by atoms with van der Waals surface area (Å²) >= 11 is 12.9. The van der Waals surface area contributed by atoms with Crippen molar-refractivity contribution in [1.29, 1.82) is 0 Å². The molecule has 0 unspecified atom stereocenters. The van der Waals surface area contributed by atoms with E-state index in [0.717, 1.165) is 31.0 Å². The van der Waals surface area contributed by atoms with Gasteiger partial charge in [0.15, 0.2) is 15.8 Å². The van der Waals surface area contributed by atoms with E-state index in [0.29, 0.717) is 49.1 Å². The Labute approximate surface area is 202 Å². The van der Waals surface area contributed by atoms with Crippen molar-refractivity contribution in [3.05, 3.63) is 27.6 Å². The van der Waals surface area contributed by atoms with E-state index in [9.17, 15) is 9.59 Å². The third-order valence-electron chi connectivity index (χ3n) is 7.28. The Morgan fingerprint density at radius 2 is 1.81 bits per heavy atom. The Balaban J connectivity index is 1.35. The molecule has 5 fully saturated rings. The van der Waals surface area contributed by atoms with Crippen LogP contribution in [0.25, 0.3) is 6.08 Å². The number of carbonyl (C=O) groups excluding carboxylic acids is 2. The molecule has 1 N–H and O–H groups in total. The minimum Gasteiger partial charge on any atom is -0.493 e. The minimum absolute atomic E-state index is 0.0525. The Morgan fingerprint density at radius 1 is 1.19 bits per heavy atom. The number of hydrogen-bond donors (Lipinski definition) is 1. The fraction of sp³-hybridized carbons (Fsp3) is 0.522. The first kappa shape index (κ1) is 22.0. The van der Waals surface area contributed by atoms with Gasteiger partial charge in [-0.1, -0.05) is 23.4 Å². The van der Waals surface area contributed by atoms with Gasteiger partial charge in [0.25, 0.3) is 5.91 Å². The van der Waals surface area contributed by atoms with E-state index in [1.54, 1.807) is 18.2 Å². The summed E-state index contributed by atoms with van der Waals surface area (Å²) in [5, 5.41) is 1.61. The first-order chi connectivity index (χ1) is 15.3. The van der Waals surface area contributed by atoms with E-state index in [4.69, 9.17) is 33.3 Å². The number of hydrogen-bond acceptors (Lipinski definition) is 6. The zero-order valence-electron chi connectivity index (χ0n) is 18.0. The lowest BCUT2D eigenvalue weighted by molar-refractivity contribution is -0.152. The van der Waals surface area contributed by atoms with Crippen molar-refractivity contribution < 1.29 is 19.1 Å². The van der Waals surface area contributed by atoms with Crippen molar-refractivity contribution in [2.45, 2.75) is 38.5 Å². The number of halogens is 1. The fourth-order valence-electron chi connectivity index (χ4n) is 6.35. The summed E-state index contributed by atoms with van der Waals surface area (Å²) < 4.78 is 10.9.